The molecule has 4 nitrogen and oxygen atoms in total. The minimum absolute atomic E-state index is 0. The molecule has 1 aliphatic carbocycles. The van der Waals surface area contributed by atoms with E-state index in [0.717, 1.165) is 6.42 Å². The third kappa shape index (κ3) is 5.24. The Balaban J connectivity index is 0.00000182. The Kier molecular flexibility index (Phi) is 7.99. The van der Waals surface area contributed by atoms with Gasteiger partial charge in [-0.15, -0.1) is 4.98 Å². The van der Waals surface area contributed by atoms with Crippen molar-refractivity contribution >= 4 is 11.8 Å². The number of rotatable bonds is 5. The number of carboxylic acids is 1. The molecule has 3 rings (SSSR count). The van der Waals surface area contributed by atoms with E-state index in [-0.39, 0.29) is 52.8 Å². The Morgan fingerprint density at radius 2 is 2.04 bits per heavy atom. The molecule has 1 aromatic carbocycles. The Morgan fingerprint density at radius 1 is 1.31 bits per heavy atom. The third-order valence-corrected chi connectivity index (χ3v) is 5.43. The van der Waals surface area contributed by atoms with E-state index in [1.165, 1.54) is 30.4 Å². The first kappa shape index (κ1) is 21.3. The summed E-state index contributed by atoms with van der Waals surface area (Å²) >= 11 is 0. The van der Waals surface area contributed by atoms with Crippen LogP contribution >= 0.6 is 0 Å². The summed E-state index contributed by atoms with van der Waals surface area (Å²) in [6.07, 6.45) is 6.47. The minimum atomic E-state index is -0.876. The van der Waals surface area contributed by atoms with Crippen molar-refractivity contribution in [2.45, 2.75) is 38.5 Å². The normalized spacial score (nSPS) is 20.0. The minimum Gasteiger partial charge on any atom is -1.00 e. The van der Waals surface area contributed by atoms with Crippen LogP contribution in [0.15, 0.2) is 42.6 Å². The second-order valence-electron chi connectivity index (χ2n) is 7.00. The largest absolute Gasteiger partial charge is 1.00 e. The molecule has 0 aliphatic heterocycles. The van der Waals surface area contributed by atoms with Gasteiger partial charge in [-0.05, 0) is 72.8 Å². The van der Waals surface area contributed by atoms with Crippen LogP contribution in [0.2, 0.25) is 0 Å². The van der Waals surface area contributed by atoms with Crippen LogP contribution in [0.1, 0.15) is 55.0 Å². The molecule has 1 heterocycles. The van der Waals surface area contributed by atoms with Gasteiger partial charge in [-0.1, -0.05) is 31.7 Å². The van der Waals surface area contributed by atoms with E-state index in [1.54, 1.807) is 18.2 Å². The van der Waals surface area contributed by atoms with Crippen molar-refractivity contribution in [3.8, 4) is 0 Å². The monoisotopic (exact) mass is 374 g/mol. The quantitative estimate of drug-likeness (QED) is 0.645. The summed E-state index contributed by atoms with van der Waals surface area (Å²) in [7, 11) is 0. The molecule has 1 saturated carbocycles. The van der Waals surface area contributed by atoms with Crippen LogP contribution in [0.5, 0.6) is 0 Å². The summed E-state index contributed by atoms with van der Waals surface area (Å²) < 4.78 is 0. The SMILES string of the molecule is [C-]#[N+]c1ccc([C@@H](C)[C@H]2CCC(Cc3ccc(C(=O)O)cc3)C2)cn1.[H-].[K+]. The van der Waals surface area contributed by atoms with Gasteiger partial charge in [0.05, 0.1) is 5.56 Å². The zero-order valence-corrected chi connectivity index (χ0v) is 18.5. The van der Waals surface area contributed by atoms with Crippen molar-refractivity contribution in [2.24, 2.45) is 11.8 Å². The van der Waals surface area contributed by atoms with E-state index < -0.39 is 5.97 Å². The molecule has 1 aromatic heterocycles. The maximum absolute atomic E-state index is 10.9. The number of carboxylic acid groups (broad SMARTS) is 1. The third-order valence-electron chi connectivity index (χ3n) is 5.43. The number of nitrogens with zero attached hydrogens (tertiary/aromatic N) is 2. The van der Waals surface area contributed by atoms with Gasteiger partial charge >= 0.3 is 57.4 Å². The summed E-state index contributed by atoms with van der Waals surface area (Å²) in [6.45, 7) is 9.24. The number of carbonyl (C=O) groups is 1. The van der Waals surface area contributed by atoms with Crippen LogP contribution in [0.25, 0.3) is 4.85 Å². The Hall–Kier alpha value is -1.03. The molecule has 2 aromatic rings. The van der Waals surface area contributed by atoms with Gasteiger partial charge in [-0.25, -0.2) is 4.79 Å². The summed E-state index contributed by atoms with van der Waals surface area (Å²) in [4.78, 5) is 18.5. The van der Waals surface area contributed by atoms with Crippen LogP contribution < -0.4 is 51.4 Å². The molecular formula is C21H23KN2O2. The van der Waals surface area contributed by atoms with Gasteiger partial charge in [0, 0.05) is 0 Å². The molecule has 3 atom stereocenters. The molecule has 0 bridgehead atoms. The molecule has 1 unspecified atom stereocenters. The molecule has 0 amide bonds. The van der Waals surface area contributed by atoms with Gasteiger partial charge in [-0.3, -0.25) is 0 Å². The fourth-order valence-corrected chi connectivity index (χ4v) is 3.88. The predicted octanol–water partition coefficient (Wildman–Crippen LogP) is 2.21. The summed E-state index contributed by atoms with van der Waals surface area (Å²) in [5.41, 5.74) is 2.77. The van der Waals surface area contributed by atoms with Gasteiger partial charge in [0.2, 0.25) is 0 Å². The van der Waals surface area contributed by atoms with Gasteiger partial charge in [0.1, 0.15) is 6.20 Å². The molecule has 26 heavy (non-hydrogen) atoms. The first-order valence-corrected chi connectivity index (χ1v) is 8.72. The van der Waals surface area contributed by atoms with Crippen molar-refractivity contribution in [3.63, 3.8) is 0 Å². The summed E-state index contributed by atoms with van der Waals surface area (Å²) in [5, 5.41) is 8.98. The van der Waals surface area contributed by atoms with Crippen molar-refractivity contribution in [1.29, 1.82) is 0 Å². The van der Waals surface area contributed by atoms with Gasteiger partial charge in [-0.2, -0.15) is 0 Å². The fourth-order valence-electron chi connectivity index (χ4n) is 3.88. The molecule has 0 radical (unpaired) electrons. The number of aromatic nitrogens is 1. The van der Waals surface area contributed by atoms with E-state index in [9.17, 15) is 4.79 Å². The van der Waals surface area contributed by atoms with E-state index in [4.69, 9.17) is 11.7 Å². The van der Waals surface area contributed by atoms with Crippen molar-refractivity contribution < 1.29 is 62.7 Å². The zero-order chi connectivity index (χ0) is 17.8. The van der Waals surface area contributed by atoms with Gasteiger partial charge in [0.25, 0.3) is 5.82 Å². The maximum atomic E-state index is 10.9. The van der Waals surface area contributed by atoms with E-state index in [0.29, 0.717) is 29.1 Å². The molecule has 1 N–H and O–H groups in total. The topological polar surface area (TPSA) is 54.5 Å². The predicted molar refractivity (Wildman–Crippen MR) is 98.0 cm³/mol. The number of pyridine rings is 1. The van der Waals surface area contributed by atoms with Crippen LogP contribution in [-0.2, 0) is 6.42 Å². The first-order valence-electron chi connectivity index (χ1n) is 8.72. The van der Waals surface area contributed by atoms with Crippen LogP contribution in [0, 0.1) is 18.4 Å². The van der Waals surface area contributed by atoms with E-state index in [1.807, 2.05) is 24.4 Å². The average molecular weight is 375 g/mol. The van der Waals surface area contributed by atoms with Crippen molar-refractivity contribution in [1.82, 2.24) is 4.98 Å². The van der Waals surface area contributed by atoms with Crippen LogP contribution in [-0.4, -0.2) is 16.1 Å². The number of benzene rings is 1. The molecule has 0 spiro atoms. The summed E-state index contributed by atoms with van der Waals surface area (Å²) in [5.74, 6) is 1.32. The van der Waals surface area contributed by atoms with Crippen LogP contribution in [0.4, 0.5) is 5.82 Å². The number of hydrogen-bond donors (Lipinski definition) is 1. The Bertz CT molecular complexity index is 787. The van der Waals surface area contributed by atoms with Crippen molar-refractivity contribution in [3.05, 3.63) is 70.7 Å². The second kappa shape index (κ2) is 9.77. The number of hydrogen-bond acceptors (Lipinski definition) is 2. The number of aromatic carboxylic acids is 1. The molecule has 1 fully saturated rings. The maximum Gasteiger partial charge on any atom is 1.00 e. The Morgan fingerprint density at radius 3 is 2.62 bits per heavy atom. The average Bonchev–Trinajstić information content (AvgIpc) is 3.10. The second-order valence-corrected chi connectivity index (χ2v) is 7.00. The molecule has 0 saturated heterocycles. The van der Waals surface area contributed by atoms with E-state index in [2.05, 4.69) is 16.8 Å². The van der Waals surface area contributed by atoms with Crippen LogP contribution in [0.3, 0.4) is 0 Å². The zero-order valence-electron chi connectivity index (χ0n) is 16.4. The van der Waals surface area contributed by atoms with Gasteiger partial charge < -0.3 is 11.4 Å². The smallest absolute Gasteiger partial charge is 1.00 e. The van der Waals surface area contributed by atoms with Crippen molar-refractivity contribution in [2.75, 3.05) is 0 Å². The molecular weight excluding hydrogens is 351 g/mol. The standard InChI is InChI=1S/C21H22N2O2.K.H/c1-14(19-9-10-20(22-2)23-13-19)18-8-5-16(12-18)11-15-3-6-17(7-4-15)21(24)25;;/h3-4,6-7,9-10,13-14,16,18H,5,8,11-12H2,1H3,(H,24,25);;/q;+1;-1/t14-,16?,18-;;/m0../s1. The Labute approximate surface area is 198 Å². The molecule has 130 valence electrons. The van der Waals surface area contributed by atoms with E-state index >= 15 is 0 Å². The summed E-state index contributed by atoms with van der Waals surface area (Å²) in [6, 6.07) is 11.1. The van der Waals surface area contributed by atoms with Gasteiger partial charge in [0.15, 0.2) is 0 Å². The molecule has 5 heteroatoms. The molecule has 1 aliphatic rings. The fraction of sp³-hybridized carbons (Fsp3) is 0.381. The first-order chi connectivity index (χ1) is 12.1.